The molecule has 1 fully saturated rings. The SMILES string of the molecule is CC1C(CN(Cc2ccccc2)Cc2ccccc2)OC(c2ccc(NC(=O)c3c(F)c(F)c(F)c(F)c3F)cc2)OC1c1ccc(CO)cc1. The van der Waals surface area contributed by atoms with Crippen molar-refractivity contribution in [2.75, 3.05) is 11.9 Å². The third kappa shape index (κ3) is 8.18. The van der Waals surface area contributed by atoms with Crippen LogP contribution in [-0.4, -0.2) is 28.6 Å². The Labute approximate surface area is 292 Å². The molecule has 0 aliphatic carbocycles. The molecule has 4 atom stereocenters. The average molecular weight is 703 g/mol. The maximum absolute atomic E-state index is 14.3. The first-order valence-electron chi connectivity index (χ1n) is 16.4. The summed E-state index contributed by atoms with van der Waals surface area (Å²) in [5.41, 5.74) is 2.96. The highest BCUT2D eigenvalue weighted by Gasteiger charge is 2.39. The number of amides is 1. The summed E-state index contributed by atoms with van der Waals surface area (Å²) in [5, 5.41) is 11.8. The number of ether oxygens (including phenoxy) is 2. The lowest BCUT2D eigenvalue weighted by atomic mass is 9.89. The normalized spacial score (nSPS) is 18.9. The van der Waals surface area contributed by atoms with Crippen LogP contribution in [0.2, 0.25) is 0 Å². The van der Waals surface area contributed by atoms with E-state index in [2.05, 4.69) is 41.4 Å². The van der Waals surface area contributed by atoms with Crippen molar-refractivity contribution < 1.29 is 41.3 Å². The van der Waals surface area contributed by atoms with Gasteiger partial charge in [0.05, 0.1) is 18.8 Å². The zero-order chi connectivity index (χ0) is 36.1. The van der Waals surface area contributed by atoms with E-state index in [-0.39, 0.29) is 24.3 Å². The minimum Gasteiger partial charge on any atom is -0.392 e. The molecule has 264 valence electrons. The van der Waals surface area contributed by atoms with Crippen molar-refractivity contribution in [2.45, 2.75) is 45.1 Å². The number of halogens is 5. The molecular formula is C40H35F5N2O4. The summed E-state index contributed by atoms with van der Waals surface area (Å²) >= 11 is 0. The predicted molar refractivity (Wildman–Crippen MR) is 181 cm³/mol. The molecule has 2 N–H and O–H groups in total. The van der Waals surface area contributed by atoms with Crippen molar-refractivity contribution in [3.8, 4) is 0 Å². The van der Waals surface area contributed by atoms with Gasteiger partial charge in [-0.2, -0.15) is 0 Å². The molecule has 6 nitrogen and oxygen atoms in total. The van der Waals surface area contributed by atoms with Crippen LogP contribution in [-0.2, 0) is 29.2 Å². The fourth-order valence-corrected chi connectivity index (χ4v) is 6.17. The number of carbonyl (C=O) groups is 1. The van der Waals surface area contributed by atoms with Gasteiger partial charge in [-0.1, -0.05) is 104 Å². The van der Waals surface area contributed by atoms with E-state index in [0.717, 1.165) is 22.3 Å². The minimum atomic E-state index is -2.35. The minimum absolute atomic E-state index is 0.0430. The van der Waals surface area contributed by atoms with Crippen molar-refractivity contribution in [3.05, 3.63) is 172 Å². The van der Waals surface area contributed by atoms with Gasteiger partial charge >= 0.3 is 0 Å². The Bertz CT molecular complexity index is 1880. The summed E-state index contributed by atoms with van der Waals surface area (Å²) in [6.07, 6.45) is -1.61. The van der Waals surface area contributed by atoms with Gasteiger partial charge in [0, 0.05) is 36.8 Å². The number of benzene rings is 5. The molecule has 0 aromatic heterocycles. The Morgan fingerprint density at radius 2 is 1.18 bits per heavy atom. The van der Waals surface area contributed by atoms with E-state index in [0.29, 0.717) is 25.2 Å². The van der Waals surface area contributed by atoms with Crippen LogP contribution in [0.5, 0.6) is 0 Å². The monoisotopic (exact) mass is 702 g/mol. The summed E-state index contributed by atoms with van der Waals surface area (Å²) in [5.74, 6) is -12.8. The predicted octanol–water partition coefficient (Wildman–Crippen LogP) is 8.62. The summed E-state index contributed by atoms with van der Waals surface area (Å²) in [7, 11) is 0. The molecule has 0 spiro atoms. The standard InChI is InChI=1S/C40H35F5N2O4/c1-24-31(22-47(20-25-8-4-2-5-9-25)21-26-10-6-3-7-11-26)50-40(51-38(24)28-14-12-27(23-48)13-15-28)29-16-18-30(19-17-29)46-39(49)32-33(41)35(43)37(45)36(44)34(32)42/h2-19,24,31,38,40,48H,20-23H2,1H3,(H,46,49). The Morgan fingerprint density at radius 3 is 1.71 bits per heavy atom. The van der Waals surface area contributed by atoms with Gasteiger partial charge in [-0.05, 0) is 34.4 Å². The summed E-state index contributed by atoms with van der Waals surface area (Å²) in [6, 6.07) is 33.8. The largest absolute Gasteiger partial charge is 0.392 e. The highest BCUT2D eigenvalue weighted by atomic mass is 19.2. The van der Waals surface area contributed by atoms with E-state index < -0.39 is 53.0 Å². The Kier molecular flexibility index (Phi) is 11.2. The van der Waals surface area contributed by atoms with Crippen molar-refractivity contribution in [1.82, 2.24) is 4.90 Å². The van der Waals surface area contributed by atoms with Gasteiger partial charge < -0.3 is 19.9 Å². The van der Waals surface area contributed by atoms with Gasteiger partial charge in [0.2, 0.25) is 5.82 Å². The van der Waals surface area contributed by atoms with Gasteiger partial charge in [0.15, 0.2) is 29.6 Å². The number of nitrogens with one attached hydrogen (secondary N) is 1. The molecule has 0 radical (unpaired) electrons. The Hall–Kier alpha value is -4.94. The van der Waals surface area contributed by atoms with Crippen LogP contribution in [0.4, 0.5) is 27.6 Å². The number of rotatable bonds is 11. The molecule has 0 saturated carbocycles. The van der Waals surface area contributed by atoms with E-state index in [1.54, 1.807) is 12.1 Å². The lowest BCUT2D eigenvalue weighted by Gasteiger charge is -2.43. The molecular weight excluding hydrogens is 667 g/mol. The van der Waals surface area contributed by atoms with Crippen molar-refractivity contribution >= 4 is 11.6 Å². The van der Waals surface area contributed by atoms with E-state index >= 15 is 0 Å². The summed E-state index contributed by atoms with van der Waals surface area (Å²) in [4.78, 5) is 14.9. The number of nitrogens with zero attached hydrogens (tertiary/aromatic N) is 1. The highest BCUT2D eigenvalue weighted by Crippen LogP contribution is 2.42. The molecule has 4 unspecified atom stereocenters. The molecule has 1 heterocycles. The van der Waals surface area contributed by atoms with Crippen LogP contribution in [0.25, 0.3) is 0 Å². The molecule has 6 rings (SSSR count). The van der Waals surface area contributed by atoms with Gasteiger partial charge in [0.25, 0.3) is 5.91 Å². The molecule has 0 bridgehead atoms. The van der Waals surface area contributed by atoms with Crippen LogP contribution >= 0.6 is 0 Å². The van der Waals surface area contributed by atoms with Crippen LogP contribution in [0.3, 0.4) is 0 Å². The molecule has 5 aromatic carbocycles. The fraction of sp³-hybridized carbons (Fsp3) is 0.225. The van der Waals surface area contributed by atoms with Gasteiger partial charge in [-0.3, -0.25) is 9.69 Å². The van der Waals surface area contributed by atoms with Crippen molar-refractivity contribution in [2.24, 2.45) is 5.92 Å². The van der Waals surface area contributed by atoms with Crippen LogP contribution < -0.4 is 5.32 Å². The molecule has 11 heteroatoms. The third-order valence-electron chi connectivity index (χ3n) is 8.94. The average Bonchev–Trinajstić information content (AvgIpc) is 3.15. The summed E-state index contributed by atoms with van der Waals surface area (Å²) in [6.45, 7) is 3.85. The number of aliphatic hydroxyl groups is 1. The molecule has 5 aromatic rings. The molecule has 1 aliphatic heterocycles. The summed E-state index contributed by atoms with van der Waals surface area (Å²) < 4.78 is 82.6. The zero-order valence-electron chi connectivity index (χ0n) is 27.5. The maximum atomic E-state index is 14.3. The van der Waals surface area contributed by atoms with E-state index in [4.69, 9.17) is 9.47 Å². The quantitative estimate of drug-likeness (QED) is 0.0820. The smallest absolute Gasteiger partial charge is 0.261 e. The zero-order valence-corrected chi connectivity index (χ0v) is 27.5. The molecule has 51 heavy (non-hydrogen) atoms. The van der Waals surface area contributed by atoms with Gasteiger partial charge in [-0.15, -0.1) is 0 Å². The Morgan fingerprint density at radius 1 is 0.667 bits per heavy atom. The lowest BCUT2D eigenvalue weighted by Crippen LogP contribution is -2.44. The number of carbonyl (C=O) groups excluding carboxylic acids is 1. The van der Waals surface area contributed by atoms with Gasteiger partial charge in [-0.25, -0.2) is 22.0 Å². The second kappa shape index (κ2) is 15.9. The Balaban J connectivity index is 1.26. The van der Waals surface area contributed by atoms with Crippen LogP contribution in [0, 0.1) is 35.0 Å². The van der Waals surface area contributed by atoms with Crippen molar-refractivity contribution in [1.29, 1.82) is 0 Å². The van der Waals surface area contributed by atoms with E-state index in [1.807, 2.05) is 60.7 Å². The number of hydrogen-bond donors (Lipinski definition) is 2. The maximum Gasteiger partial charge on any atom is 0.261 e. The first kappa shape index (κ1) is 35.9. The number of anilines is 1. The van der Waals surface area contributed by atoms with Crippen LogP contribution in [0.15, 0.2) is 109 Å². The number of hydrogen-bond acceptors (Lipinski definition) is 5. The highest BCUT2D eigenvalue weighted by molar-refractivity contribution is 6.04. The molecule has 1 amide bonds. The first-order valence-corrected chi connectivity index (χ1v) is 16.4. The van der Waals surface area contributed by atoms with E-state index in [1.165, 1.54) is 12.1 Å². The first-order chi connectivity index (χ1) is 24.6. The van der Waals surface area contributed by atoms with Crippen LogP contribution in [0.1, 0.15) is 57.5 Å². The second-order valence-electron chi connectivity index (χ2n) is 12.5. The topological polar surface area (TPSA) is 71.0 Å². The van der Waals surface area contributed by atoms with Crippen molar-refractivity contribution in [3.63, 3.8) is 0 Å². The lowest BCUT2D eigenvalue weighted by molar-refractivity contribution is -0.276. The third-order valence-corrected chi connectivity index (χ3v) is 8.94. The molecule has 1 aliphatic rings. The number of aliphatic hydroxyl groups excluding tert-OH is 1. The fourth-order valence-electron chi connectivity index (χ4n) is 6.17. The molecule has 1 saturated heterocycles. The van der Waals surface area contributed by atoms with Gasteiger partial charge in [0.1, 0.15) is 5.56 Å². The second-order valence-corrected chi connectivity index (χ2v) is 12.5. The van der Waals surface area contributed by atoms with E-state index in [9.17, 15) is 31.9 Å².